The highest BCUT2D eigenvalue weighted by molar-refractivity contribution is 6.31. The molecule has 0 aliphatic heterocycles. The number of para-hydroxylation sites is 1. The number of hydrogen-bond donors (Lipinski definition) is 1. The third-order valence-electron chi connectivity index (χ3n) is 4.03. The summed E-state index contributed by atoms with van der Waals surface area (Å²) in [5.41, 5.74) is 1.35. The molecule has 0 saturated heterocycles. The normalized spacial score (nSPS) is 10.8. The van der Waals surface area contributed by atoms with Crippen LogP contribution in [0.4, 0.5) is 0 Å². The van der Waals surface area contributed by atoms with Gasteiger partial charge in [0.25, 0.3) is 5.56 Å². The molecule has 2 aromatic carbocycles. The van der Waals surface area contributed by atoms with Crippen LogP contribution in [0.5, 0.6) is 0 Å². The van der Waals surface area contributed by atoms with Crippen molar-refractivity contribution in [1.29, 1.82) is 0 Å². The predicted molar refractivity (Wildman–Crippen MR) is 98.6 cm³/mol. The topological polar surface area (TPSA) is 66.1 Å². The number of rotatable bonds is 5. The summed E-state index contributed by atoms with van der Waals surface area (Å²) in [6.45, 7) is 0.445. The van der Waals surface area contributed by atoms with Gasteiger partial charge >= 0.3 is 0 Å². The van der Waals surface area contributed by atoms with Gasteiger partial charge in [-0.1, -0.05) is 41.9 Å². The van der Waals surface area contributed by atoms with Gasteiger partial charge in [-0.05, 0) is 23.8 Å². The summed E-state index contributed by atoms with van der Waals surface area (Å²) < 4.78 is 0. The van der Waals surface area contributed by atoms with E-state index in [0.29, 0.717) is 34.7 Å². The Morgan fingerprint density at radius 2 is 1.88 bits per heavy atom. The molecule has 1 aromatic heterocycles. The summed E-state index contributed by atoms with van der Waals surface area (Å²) in [6, 6.07) is 14.6. The highest BCUT2D eigenvalue weighted by Crippen LogP contribution is 2.17. The first-order valence-electron chi connectivity index (χ1n) is 8.00. The maximum atomic E-state index is 12.3. The molecule has 0 radical (unpaired) electrons. The Balaban J connectivity index is 1.66. The molecule has 0 spiro atoms. The third kappa shape index (κ3) is 4.06. The van der Waals surface area contributed by atoms with Crippen molar-refractivity contribution < 1.29 is 4.79 Å². The van der Waals surface area contributed by atoms with Gasteiger partial charge in [0, 0.05) is 31.5 Å². The van der Waals surface area contributed by atoms with E-state index in [4.69, 9.17) is 11.6 Å². The first-order chi connectivity index (χ1) is 12.0. The first kappa shape index (κ1) is 17.2. The third-order valence-corrected chi connectivity index (χ3v) is 4.40. The van der Waals surface area contributed by atoms with E-state index >= 15 is 0 Å². The predicted octanol–water partition coefficient (Wildman–Crippen LogP) is 3.17. The Bertz CT molecular complexity index is 968. The van der Waals surface area contributed by atoms with E-state index in [1.807, 2.05) is 24.3 Å². The van der Waals surface area contributed by atoms with Gasteiger partial charge in [-0.15, -0.1) is 0 Å². The number of halogens is 1. The van der Waals surface area contributed by atoms with Crippen LogP contribution in [0.1, 0.15) is 17.8 Å². The molecule has 0 atom stereocenters. The summed E-state index contributed by atoms with van der Waals surface area (Å²) in [6.07, 6.45) is 0.647. The van der Waals surface area contributed by atoms with Crippen LogP contribution in [0.2, 0.25) is 5.02 Å². The second-order valence-corrected chi connectivity index (χ2v) is 6.28. The van der Waals surface area contributed by atoms with Gasteiger partial charge in [-0.25, -0.2) is 4.98 Å². The molecule has 25 heavy (non-hydrogen) atoms. The van der Waals surface area contributed by atoms with Crippen molar-refractivity contribution in [2.24, 2.45) is 0 Å². The highest BCUT2D eigenvalue weighted by Gasteiger charge is 2.12. The largest absolute Gasteiger partial charge is 0.341 e. The second-order valence-electron chi connectivity index (χ2n) is 5.87. The number of carbonyl (C=O) groups is 1. The number of nitrogens with one attached hydrogen (secondary N) is 1. The fourth-order valence-electron chi connectivity index (χ4n) is 2.64. The fraction of sp³-hybridized carbons (Fsp3) is 0.211. The van der Waals surface area contributed by atoms with Crippen molar-refractivity contribution in [2.75, 3.05) is 7.05 Å². The van der Waals surface area contributed by atoms with Crippen LogP contribution in [0.3, 0.4) is 0 Å². The zero-order chi connectivity index (χ0) is 17.8. The number of carbonyl (C=O) groups excluding carboxylic acids is 1. The minimum atomic E-state index is -0.183. The number of nitrogens with zero attached hydrogens (tertiary/aromatic N) is 2. The number of aromatic nitrogens is 2. The van der Waals surface area contributed by atoms with Crippen LogP contribution in [-0.4, -0.2) is 27.8 Å². The van der Waals surface area contributed by atoms with Gasteiger partial charge in [0.15, 0.2) is 0 Å². The van der Waals surface area contributed by atoms with E-state index < -0.39 is 0 Å². The quantitative estimate of drug-likeness (QED) is 0.764. The Labute approximate surface area is 150 Å². The molecule has 0 bridgehead atoms. The molecule has 5 nitrogen and oxygen atoms in total. The lowest BCUT2D eigenvalue weighted by Crippen LogP contribution is -2.27. The van der Waals surface area contributed by atoms with Crippen LogP contribution in [0, 0.1) is 0 Å². The molecule has 0 saturated carbocycles. The number of aromatic amines is 1. The van der Waals surface area contributed by atoms with Crippen molar-refractivity contribution in [3.63, 3.8) is 0 Å². The molecule has 0 fully saturated rings. The molecular weight excluding hydrogens is 338 g/mol. The van der Waals surface area contributed by atoms with E-state index in [0.717, 1.165) is 5.56 Å². The second kappa shape index (κ2) is 7.49. The minimum absolute atomic E-state index is 0.0317. The van der Waals surface area contributed by atoms with Gasteiger partial charge in [0.2, 0.25) is 5.91 Å². The van der Waals surface area contributed by atoms with Gasteiger partial charge in [-0.2, -0.15) is 0 Å². The zero-order valence-corrected chi connectivity index (χ0v) is 14.6. The van der Waals surface area contributed by atoms with Crippen molar-refractivity contribution in [3.8, 4) is 0 Å². The summed E-state index contributed by atoms with van der Waals surface area (Å²) in [7, 11) is 1.74. The zero-order valence-electron chi connectivity index (χ0n) is 13.8. The van der Waals surface area contributed by atoms with Gasteiger partial charge < -0.3 is 9.88 Å². The average Bonchev–Trinajstić information content (AvgIpc) is 2.61. The van der Waals surface area contributed by atoms with Crippen molar-refractivity contribution in [1.82, 2.24) is 14.9 Å². The Hall–Kier alpha value is -2.66. The Kier molecular flexibility index (Phi) is 5.14. The van der Waals surface area contributed by atoms with E-state index in [1.165, 1.54) is 0 Å². The minimum Gasteiger partial charge on any atom is -0.341 e. The van der Waals surface area contributed by atoms with Crippen LogP contribution >= 0.6 is 11.6 Å². The number of hydrogen-bond acceptors (Lipinski definition) is 3. The highest BCUT2D eigenvalue weighted by atomic mass is 35.5. The Morgan fingerprint density at radius 3 is 2.68 bits per heavy atom. The monoisotopic (exact) mass is 355 g/mol. The standard InChI is InChI=1S/C19H18ClN3O2/c1-23(12-13-6-2-4-8-15(13)20)18(24)11-10-17-21-16-9-5-3-7-14(16)19(25)22-17/h2-9H,10-12H2,1H3,(H,21,22,25). The number of fused-ring (bicyclic) bond motifs is 1. The lowest BCUT2D eigenvalue weighted by molar-refractivity contribution is -0.130. The summed E-state index contributed by atoms with van der Waals surface area (Å²) in [4.78, 5) is 33.2. The molecule has 1 heterocycles. The number of benzene rings is 2. The lowest BCUT2D eigenvalue weighted by atomic mass is 10.2. The smallest absolute Gasteiger partial charge is 0.258 e. The van der Waals surface area contributed by atoms with Gasteiger partial charge in [0.1, 0.15) is 5.82 Å². The van der Waals surface area contributed by atoms with E-state index in [1.54, 1.807) is 36.2 Å². The SMILES string of the molecule is CN(Cc1ccccc1Cl)C(=O)CCc1nc2ccccc2c(=O)[nH]1. The van der Waals surface area contributed by atoms with Crippen molar-refractivity contribution in [2.45, 2.75) is 19.4 Å². The number of amides is 1. The average molecular weight is 356 g/mol. The molecule has 0 aliphatic carbocycles. The molecule has 128 valence electrons. The van der Waals surface area contributed by atoms with E-state index in [9.17, 15) is 9.59 Å². The molecule has 3 rings (SSSR count). The molecule has 1 N–H and O–H groups in total. The molecule has 0 unspecified atom stereocenters. The molecular formula is C19H18ClN3O2. The molecule has 3 aromatic rings. The van der Waals surface area contributed by atoms with Gasteiger partial charge in [0.05, 0.1) is 10.9 Å². The van der Waals surface area contributed by atoms with Crippen molar-refractivity contribution in [3.05, 3.63) is 75.3 Å². The number of aryl methyl sites for hydroxylation is 1. The summed E-state index contributed by atoms with van der Waals surface area (Å²) in [5.74, 6) is 0.485. The molecule has 1 amide bonds. The van der Waals surface area contributed by atoms with Crippen LogP contribution in [-0.2, 0) is 17.8 Å². The summed E-state index contributed by atoms with van der Waals surface area (Å²) in [5, 5.41) is 1.19. The number of H-pyrrole nitrogens is 1. The van der Waals surface area contributed by atoms with E-state index in [2.05, 4.69) is 9.97 Å². The fourth-order valence-corrected chi connectivity index (χ4v) is 2.84. The molecule has 0 aliphatic rings. The summed E-state index contributed by atoms with van der Waals surface area (Å²) >= 11 is 6.13. The van der Waals surface area contributed by atoms with Gasteiger partial charge in [-0.3, -0.25) is 9.59 Å². The van der Waals surface area contributed by atoms with Crippen LogP contribution in [0.25, 0.3) is 10.9 Å². The van der Waals surface area contributed by atoms with Crippen LogP contribution in [0.15, 0.2) is 53.3 Å². The maximum Gasteiger partial charge on any atom is 0.258 e. The van der Waals surface area contributed by atoms with E-state index in [-0.39, 0.29) is 17.9 Å². The molecule has 6 heteroatoms. The van der Waals surface area contributed by atoms with Crippen molar-refractivity contribution >= 4 is 28.4 Å². The first-order valence-corrected chi connectivity index (χ1v) is 8.37. The maximum absolute atomic E-state index is 12.3. The Morgan fingerprint density at radius 1 is 1.16 bits per heavy atom. The van der Waals surface area contributed by atoms with Crippen LogP contribution < -0.4 is 5.56 Å². The lowest BCUT2D eigenvalue weighted by Gasteiger charge is -2.18.